The van der Waals surface area contributed by atoms with Gasteiger partial charge < -0.3 is 0 Å². The van der Waals surface area contributed by atoms with E-state index in [9.17, 15) is 4.79 Å². The lowest BCUT2D eigenvalue weighted by molar-refractivity contribution is 0.105. The van der Waals surface area contributed by atoms with E-state index in [0.717, 1.165) is 29.5 Å². The maximum absolute atomic E-state index is 12.7. The van der Waals surface area contributed by atoms with Crippen molar-refractivity contribution in [2.45, 2.75) is 19.8 Å². The third-order valence-corrected chi connectivity index (χ3v) is 3.37. The zero-order chi connectivity index (χ0) is 13.9. The standard InChI is InChI=1S/C19H16O/c1-14-6-5-9-17(12-14)18(13-15-10-11-15)19(20)16-7-3-2-4-8-16/h2-9,12H,10-11H2,1H3. The molecule has 0 N–H and O–H groups in total. The number of carbonyl (C=O) groups excluding carboxylic acids is 1. The van der Waals surface area contributed by atoms with E-state index in [1.807, 2.05) is 61.5 Å². The number of aryl methyl sites for hydroxylation is 1. The van der Waals surface area contributed by atoms with Crippen LogP contribution in [0.5, 0.6) is 0 Å². The zero-order valence-electron chi connectivity index (χ0n) is 11.5. The molecule has 1 saturated carbocycles. The largest absolute Gasteiger partial charge is 0.288 e. The molecule has 0 atom stereocenters. The van der Waals surface area contributed by atoms with Crippen LogP contribution < -0.4 is 0 Å². The molecule has 0 saturated heterocycles. The van der Waals surface area contributed by atoms with Gasteiger partial charge in [0.2, 0.25) is 5.78 Å². The van der Waals surface area contributed by atoms with Crippen LogP contribution in [0.4, 0.5) is 0 Å². The molecule has 0 amide bonds. The molecule has 2 aromatic rings. The van der Waals surface area contributed by atoms with E-state index in [0.29, 0.717) is 5.57 Å². The molecule has 0 spiro atoms. The SMILES string of the molecule is Cc1cccc(C(=C=C2CC2)C(=O)c2ccccc2)c1. The van der Waals surface area contributed by atoms with Gasteiger partial charge in [-0.15, -0.1) is 5.73 Å². The van der Waals surface area contributed by atoms with Crippen molar-refractivity contribution in [2.75, 3.05) is 0 Å². The van der Waals surface area contributed by atoms with Gasteiger partial charge in [0.15, 0.2) is 0 Å². The predicted octanol–water partition coefficient (Wildman–Crippen LogP) is 4.58. The van der Waals surface area contributed by atoms with E-state index >= 15 is 0 Å². The third-order valence-electron chi connectivity index (χ3n) is 3.37. The number of benzene rings is 2. The number of rotatable bonds is 3. The average Bonchev–Trinajstić information content (AvgIpc) is 3.29. The highest BCUT2D eigenvalue weighted by molar-refractivity contribution is 6.28. The number of allylic oxidation sites excluding steroid dienone is 1. The average molecular weight is 260 g/mol. The minimum Gasteiger partial charge on any atom is -0.288 e. The van der Waals surface area contributed by atoms with Crippen LogP contribution in [0.1, 0.15) is 34.3 Å². The van der Waals surface area contributed by atoms with Gasteiger partial charge in [-0.3, -0.25) is 4.79 Å². The first-order chi connectivity index (χ1) is 9.74. The highest BCUT2D eigenvalue weighted by atomic mass is 16.1. The smallest absolute Gasteiger partial charge is 0.201 e. The Hall–Kier alpha value is -2.37. The summed E-state index contributed by atoms with van der Waals surface area (Å²) in [6, 6.07) is 17.5. The lowest BCUT2D eigenvalue weighted by atomic mass is 9.96. The fourth-order valence-corrected chi connectivity index (χ4v) is 2.16. The van der Waals surface area contributed by atoms with Crippen LogP contribution >= 0.6 is 0 Å². The van der Waals surface area contributed by atoms with Gasteiger partial charge in [0.1, 0.15) is 0 Å². The van der Waals surface area contributed by atoms with Crippen molar-refractivity contribution >= 4 is 11.4 Å². The molecule has 0 aromatic heterocycles. The fourth-order valence-electron chi connectivity index (χ4n) is 2.16. The lowest BCUT2D eigenvalue weighted by Gasteiger charge is -2.05. The van der Waals surface area contributed by atoms with Gasteiger partial charge in [0.25, 0.3) is 0 Å². The van der Waals surface area contributed by atoms with Crippen molar-refractivity contribution in [3.63, 3.8) is 0 Å². The monoisotopic (exact) mass is 260 g/mol. The van der Waals surface area contributed by atoms with Crippen molar-refractivity contribution in [1.29, 1.82) is 0 Å². The molecule has 2 aromatic carbocycles. The van der Waals surface area contributed by atoms with Gasteiger partial charge in [-0.1, -0.05) is 60.2 Å². The molecule has 20 heavy (non-hydrogen) atoms. The summed E-state index contributed by atoms with van der Waals surface area (Å²) in [6.07, 6.45) is 2.13. The maximum atomic E-state index is 12.7. The second kappa shape index (κ2) is 5.32. The van der Waals surface area contributed by atoms with Crippen molar-refractivity contribution < 1.29 is 4.79 Å². The summed E-state index contributed by atoms with van der Waals surface area (Å²) in [5.41, 5.74) is 8.08. The molecular weight excluding hydrogens is 244 g/mol. The van der Waals surface area contributed by atoms with Crippen LogP contribution in [0.25, 0.3) is 5.57 Å². The Morgan fingerprint density at radius 1 is 0.950 bits per heavy atom. The van der Waals surface area contributed by atoms with Crippen LogP contribution in [0.15, 0.2) is 65.9 Å². The minimum absolute atomic E-state index is 0.0515. The van der Waals surface area contributed by atoms with Gasteiger partial charge in [0.05, 0.1) is 5.57 Å². The number of hydrogen-bond donors (Lipinski definition) is 0. The number of ketones is 1. The second-order valence-electron chi connectivity index (χ2n) is 5.17. The minimum atomic E-state index is 0.0515. The summed E-state index contributed by atoms with van der Waals surface area (Å²) in [4.78, 5) is 12.7. The molecule has 0 unspecified atom stereocenters. The molecule has 0 heterocycles. The summed E-state index contributed by atoms with van der Waals surface area (Å²) in [7, 11) is 0. The van der Waals surface area contributed by atoms with Crippen LogP contribution in [-0.4, -0.2) is 5.78 Å². The Bertz CT molecular complexity index is 710. The zero-order valence-corrected chi connectivity index (χ0v) is 11.5. The maximum Gasteiger partial charge on any atom is 0.201 e. The normalized spacial score (nSPS) is 12.8. The predicted molar refractivity (Wildman–Crippen MR) is 81.6 cm³/mol. The molecule has 1 nitrogen and oxygen atoms in total. The van der Waals surface area contributed by atoms with Crippen molar-refractivity contribution in [1.82, 2.24) is 0 Å². The van der Waals surface area contributed by atoms with E-state index in [1.54, 1.807) is 0 Å². The first-order valence-electron chi connectivity index (χ1n) is 6.89. The lowest BCUT2D eigenvalue weighted by Crippen LogP contribution is -2.02. The number of Topliss-reactive ketones (excluding diaryl/α,β-unsaturated/α-hetero) is 1. The van der Waals surface area contributed by atoms with E-state index in [1.165, 1.54) is 5.57 Å². The fraction of sp³-hybridized carbons (Fsp3) is 0.158. The van der Waals surface area contributed by atoms with Gasteiger partial charge in [-0.2, -0.15) is 0 Å². The summed E-state index contributed by atoms with van der Waals surface area (Å²) < 4.78 is 0. The van der Waals surface area contributed by atoms with E-state index in [-0.39, 0.29) is 5.78 Å². The first-order valence-corrected chi connectivity index (χ1v) is 6.89. The molecule has 1 aliphatic carbocycles. The first kappa shape index (κ1) is 12.7. The summed E-state index contributed by atoms with van der Waals surface area (Å²) in [5, 5.41) is 0. The number of hydrogen-bond acceptors (Lipinski definition) is 1. The Morgan fingerprint density at radius 2 is 1.65 bits per heavy atom. The van der Waals surface area contributed by atoms with Gasteiger partial charge in [-0.05, 0) is 30.9 Å². The van der Waals surface area contributed by atoms with Crippen LogP contribution in [0.2, 0.25) is 0 Å². The van der Waals surface area contributed by atoms with Gasteiger partial charge >= 0.3 is 0 Å². The molecule has 1 heteroatoms. The Morgan fingerprint density at radius 3 is 2.30 bits per heavy atom. The van der Waals surface area contributed by atoms with E-state index in [2.05, 4.69) is 5.73 Å². The molecule has 0 aliphatic heterocycles. The Kier molecular flexibility index (Phi) is 3.37. The van der Waals surface area contributed by atoms with E-state index < -0.39 is 0 Å². The molecule has 0 bridgehead atoms. The summed E-state index contributed by atoms with van der Waals surface area (Å²) in [6.45, 7) is 2.04. The molecule has 98 valence electrons. The van der Waals surface area contributed by atoms with Gasteiger partial charge in [-0.25, -0.2) is 0 Å². The molecular formula is C19H16O. The molecule has 1 fully saturated rings. The van der Waals surface area contributed by atoms with Gasteiger partial charge in [0, 0.05) is 5.56 Å². The van der Waals surface area contributed by atoms with Crippen molar-refractivity contribution in [3.05, 3.63) is 82.6 Å². The second-order valence-corrected chi connectivity index (χ2v) is 5.17. The summed E-state index contributed by atoms with van der Waals surface area (Å²) in [5.74, 6) is 0.0515. The molecule has 1 aliphatic rings. The van der Waals surface area contributed by atoms with Crippen molar-refractivity contribution in [2.24, 2.45) is 0 Å². The van der Waals surface area contributed by atoms with Crippen molar-refractivity contribution in [3.8, 4) is 0 Å². The third kappa shape index (κ3) is 2.79. The van der Waals surface area contributed by atoms with Crippen LogP contribution in [-0.2, 0) is 0 Å². The van der Waals surface area contributed by atoms with Crippen LogP contribution in [0.3, 0.4) is 0 Å². The van der Waals surface area contributed by atoms with E-state index in [4.69, 9.17) is 0 Å². The van der Waals surface area contributed by atoms with Crippen LogP contribution in [0, 0.1) is 6.92 Å². The topological polar surface area (TPSA) is 17.1 Å². The Labute approximate surface area is 119 Å². The number of carbonyl (C=O) groups is 1. The summed E-state index contributed by atoms with van der Waals surface area (Å²) >= 11 is 0. The highest BCUT2D eigenvalue weighted by Gasteiger charge is 2.17. The quantitative estimate of drug-likeness (QED) is 0.448. The Balaban J connectivity index is 2.09. The highest BCUT2D eigenvalue weighted by Crippen LogP contribution is 2.29. The molecule has 0 radical (unpaired) electrons. The molecule has 3 rings (SSSR count).